The van der Waals surface area contributed by atoms with E-state index in [-0.39, 0.29) is 0 Å². The standard InChI is InChI=1S/C15H21BrO/c1-2-3-4-5-6-7-8-13-17-15-11-9-14(16)10-12-15/h2,9-12H,1,3-8,13H2. The Bertz CT molecular complexity index is 305. The SMILES string of the molecule is C=CCCCCCCCOc1ccc(Br)cc1. The first-order valence-electron chi connectivity index (χ1n) is 6.32. The van der Waals surface area contributed by atoms with Crippen molar-refractivity contribution < 1.29 is 4.74 Å². The van der Waals surface area contributed by atoms with Gasteiger partial charge >= 0.3 is 0 Å². The number of rotatable bonds is 9. The second kappa shape index (κ2) is 9.29. The Kier molecular flexibility index (Phi) is 7.81. The van der Waals surface area contributed by atoms with Crippen molar-refractivity contribution in [2.24, 2.45) is 0 Å². The summed E-state index contributed by atoms with van der Waals surface area (Å²) < 4.78 is 6.74. The molecule has 0 fully saturated rings. The molecule has 0 aromatic heterocycles. The number of allylic oxidation sites excluding steroid dienone is 1. The molecule has 1 nitrogen and oxygen atoms in total. The fraction of sp³-hybridized carbons (Fsp3) is 0.467. The van der Waals surface area contributed by atoms with Crippen LogP contribution in [-0.2, 0) is 0 Å². The van der Waals surface area contributed by atoms with E-state index in [2.05, 4.69) is 22.5 Å². The van der Waals surface area contributed by atoms with E-state index in [1.807, 2.05) is 30.3 Å². The summed E-state index contributed by atoms with van der Waals surface area (Å²) >= 11 is 3.41. The third-order valence-electron chi connectivity index (χ3n) is 2.63. The van der Waals surface area contributed by atoms with Gasteiger partial charge in [0, 0.05) is 4.47 Å². The van der Waals surface area contributed by atoms with Crippen LogP contribution in [0.15, 0.2) is 41.4 Å². The number of hydrogen-bond donors (Lipinski definition) is 0. The van der Waals surface area contributed by atoms with E-state index in [4.69, 9.17) is 4.74 Å². The lowest BCUT2D eigenvalue weighted by Crippen LogP contribution is -1.96. The molecule has 0 N–H and O–H groups in total. The zero-order valence-electron chi connectivity index (χ0n) is 10.3. The van der Waals surface area contributed by atoms with Gasteiger partial charge in [-0.25, -0.2) is 0 Å². The second-order valence-corrected chi connectivity index (χ2v) is 5.06. The van der Waals surface area contributed by atoms with Crippen molar-refractivity contribution in [1.29, 1.82) is 0 Å². The molecule has 0 atom stereocenters. The molecule has 1 rings (SSSR count). The maximum absolute atomic E-state index is 5.65. The Labute approximate surface area is 113 Å². The minimum Gasteiger partial charge on any atom is -0.494 e. The van der Waals surface area contributed by atoms with E-state index in [0.29, 0.717) is 0 Å². The van der Waals surface area contributed by atoms with Gasteiger partial charge in [-0.15, -0.1) is 6.58 Å². The van der Waals surface area contributed by atoms with Gasteiger partial charge in [0.05, 0.1) is 6.61 Å². The summed E-state index contributed by atoms with van der Waals surface area (Å²) in [6.07, 6.45) is 9.43. The zero-order valence-corrected chi connectivity index (χ0v) is 11.9. The highest BCUT2D eigenvalue weighted by atomic mass is 79.9. The first-order valence-corrected chi connectivity index (χ1v) is 7.11. The average molecular weight is 297 g/mol. The van der Waals surface area contributed by atoms with Crippen LogP contribution in [0.5, 0.6) is 5.75 Å². The van der Waals surface area contributed by atoms with Crippen LogP contribution >= 0.6 is 15.9 Å². The van der Waals surface area contributed by atoms with Crippen LogP contribution in [0.1, 0.15) is 38.5 Å². The highest BCUT2D eigenvalue weighted by Crippen LogP contribution is 2.16. The van der Waals surface area contributed by atoms with Crippen molar-refractivity contribution in [3.8, 4) is 5.75 Å². The summed E-state index contributed by atoms with van der Waals surface area (Å²) in [4.78, 5) is 0. The van der Waals surface area contributed by atoms with E-state index in [9.17, 15) is 0 Å². The van der Waals surface area contributed by atoms with E-state index >= 15 is 0 Å². The quantitative estimate of drug-likeness (QED) is 0.441. The molecule has 0 aliphatic carbocycles. The molecule has 0 spiro atoms. The lowest BCUT2D eigenvalue weighted by Gasteiger charge is -2.05. The van der Waals surface area contributed by atoms with Crippen molar-refractivity contribution in [3.63, 3.8) is 0 Å². The predicted molar refractivity (Wildman–Crippen MR) is 77.5 cm³/mol. The summed E-state index contributed by atoms with van der Waals surface area (Å²) in [6, 6.07) is 8.00. The molecule has 1 aromatic carbocycles. The first kappa shape index (κ1) is 14.3. The van der Waals surface area contributed by atoms with Gasteiger partial charge in [0.25, 0.3) is 0 Å². The second-order valence-electron chi connectivity index (χ2n) is 4.15. The zero-order chi connectivity index (χ0) is 12.3. The number of halogens is 1. The van der Waals surface area contributed by atoms with Gasteiger partial charge < -0.3 is 4.74 Å². The van der Waals surface area contributed by atoms with Gasteiger partial charge in [-0.2, -0.15) is 0 Å². The van der Waals surface area contributed by atoms with Crippen LogP contribution in [0.2, 0.25) is 0 Å². The lowest BCUT2D eigenvalue weighted by molar-refractivity contribution is 0.304. The fourth-order valence-corrected chi connectivity index (χ4v) is 1.91. The topological polar surface area (TPSA) is 9.23 Å². The highest BCUT2D eigenvalue weighted by molar-refractivity contribution is 9.10. The highest BCUT2D eigenvalue weighted by Gasteiger charge is 1.94. The number of benzene rings is 1. The minimum absolute atomic E-state index is 0.823. The summed E-state index contributed by atoms with van der Waals surface area (Å²) in [5, 5.41) is 0. The van der Waals surface area contributed by atoms with Crippen molar-refractivity contribution in [3.05, 3.63) is 41.4 Å². The normalized spacial score (nSPS) is 10.2. The summed E-state index contributed by atoms with van der Waals surface area (Å²) in [5.41, 5.74) is 0. The molecule has 1 aromatic rings. The Morgan fingerprint density at radius 2 is 1.65 bits per heavy atom. The van der Waals surface area contributed by atoms with Gasteiger partial charge in [-0.05, 0) is 43.5 Å². The van der Waals surface area contributed by atoms with Gasteiger partial charge in [0.2, 0.25) is 0 Å². The fourth-order valence-electron chi connectivity index (χ4n) is 1.64. The van der Waals surface area contributed by atoms with Crippen LogP contribution in [-0.4, -0.2) is 6.61 Å². The van der Waals surface area contributed by atoms with Crippen molar-refractivity contribution in [2.45, 2.75) is 38.5 Å². The molecule has 0 aliphatic rings. The Balaban J connectivity index is 1.97. The van der Waals surface area contributed by atoms with Gasteiger partial charge in [-0.1, -0.05) is 41.3 Å². The molecular formula is C15H21BrO. The molecule has 2 heteroatoms. The number of hydrogen-bond acceptors (Lipinski definition) is 1. The molecule has 0 heterocycles. The molecule has 0 aliphatic heterocycles. The number of unbranched alkanes of at least 4 members (excludes halogenated alkanes) is 5. The van der Waals surface area contributed by atoms with Crippen molar-refractivity contribution >= 4 is 15.9 Å². The molecule has 0 amide bonds. The van der Waals surface area contributed by atoms with E-state index in [1.54, 1.807) is 0 Å². The summed E-state index contributed by atoms with van der Waals surface area (Å²) in [5.74, 6) is 0.958. The van der Waals surface area contributed by atoms with Gasteiger partial charge in [-0.3, -0.25) is 0 Å². The monoisotopic (exact) mass is 296 g/mol. The molecule has 94 valence electrons. The van der Waals surface area contributed by atoms with E-state index in [0.717, 1.165) is 29.7 Å². The molecule has 17 heavy (non-hydrogen) atoms. The maximum atomic E-state index is 5.65. The van der Waals surface area contributed by atoms with Crippen LogP contribution < -0.4 is 4.74 Å². The molecule has 0 saturated carbocycles. The summed E-state index contributed by atoms with van der Waals surface area (Å²) in [6.45, 7) is 4.55. The molecule has 0 radical (unpaired) electrons. The third-order valence-corrected chi connectivity index (χ3v) is 3.16. The summed E-state index contributed by atoms with van der Waals surface area (Å²) in [7, 11) is 0. The molecule has 0 saturated heterocycles. The molecule has 0 unspecified atom stereocenters. The maximum Gasteiger partial charge on any atom is 0.119 e. The van der Waals surface area contributed by atoms with Crippen LogP contribution in [0.3, 0.4) is 0 Å². The molecule has 0 bridgehead atoms. The Morgan fingerprint density at radius 3 is 2.35 bits per heavy atom. The lowest BCUT2D eigenvalue weighted by atomic mass is 10.1. The van der Waals surface area contributed by atoms with E-state index < -0.39 is 0 Å². The first-order chi connectivity index (χ1) is 8.33. The van der Waals surface area contributed by atoms with Crippen molar-refractivity contribution in [2.75, 3.05) is 6.61 Å². The largest absolute Gasteiger partial charge is 0.494 e. The Hall–Kier alpha value is -0.760. The van der Waals surface area contributed by atoms with Gasteiger partial charge in [0.1, 0.15) is 5.75 Å². The predicted octanol–water partition coefficient (Wildman–Crippen LogP) is 5.35. The third kappa shape index (κ3) is 7.22. The van der Waals surface area contributed by atoms with Crippen LogP contribution in [0, 0.1) is 0 Å². The van der Waals surface area contributed by atoms with Crippen molar-refractivity contribution in [1.82, 2.24) is 0 Å². The van der Waals surface area contributed by atoms with Crippen LogP contribution in [0.25, 0.3) is 0 Å². The van der Waals surface area contributed by atoms with E-state index in [1.165, 1.54) is 25.7 Å². The smallest absolute Gasteiger partial charge is 0.119 e. The Morgan fingerprint density at radius 1 is 1.00 bits per heavy atom. The molecular weight excluding hydrogens is 276 g/mol. The number of ether oxygens (including phenoxy) is 1. The van der Waals surface area contributed by atoms with Gasteiger partial charge in [0.15, 0.2) is 0 Å². The minimum atomic E-state index is 0.823. The average Bonchev–Trinajstić information content (AvgIpc) is 2.35. The van der Waals surface area contributed by atoms with Crippen LogP contribution in [0.4, 0.5) is 0 Å².